The van der Waals surface area contributed by atoms with E-state index in [9.17, 15) is 9.59 Å². The zero-order valence-corrected chi connectivity index (χ0v) is 17.9. The second kappa shape index (κ2) is 9.62. The second-order valence-electron chi connectivity index (χ2n) is 7.45. The van der Waals surface area contributed by atoms with Gasteiger partial charge >= 0.3 is 5.97 Å². The van der Waals surface area contributed by atoms with Gasteiger partial charge in [0.25, 0.3) is 5.91 Å². The van der Waals surface area contributed by atoms with E-state index in [1.807, 2.05) is 20.8 Å². The van der Waals surface area contributed by atoms with Gasteiger partial charge in [-0.1, -0.05) is 19.0 Å². The molecule has 8 nitrogen and oxygen atoms in total. The Labute approximate surface area is 171 Å². The van der Waals surface area contributed by atoms with E-state index in [-0.39, 0.29) is 30.6 Å². The molecule has 2 atom stereocenters. The van der Waals surface area contributed by atoms with Crippen LogP contribution in [0.1, 0.15) is 46.1 Å². The van der Waals surface area contributed by atoms with Crippen LogP contribution in [0.4, 0.5) is 0 Å². The van der Waals surface area contributed by atoms with Crippen LogP contribution in [0.25, 0.3) is 0 Å². The Bertz CT molecular complexity index is 776. The molecule has 1 aliphatic rings. The van der Waals surface area contributed by atoms with Gasteiger partial charge in [0.1, 0.15) is 11.5 Å². The number of carbonyl (C=O) groups is 2. The number of methoxy groups -OCH3 is 2. The van der Waals surface area contributed by atoms with Crippen LogP contribution < -0.4 is 14.8 Å². The second-order valence-corrected chi connectivity index (χ2v) is 7.45. The van der Waals surface area contributed by atoms with E-state index in [0.29, 0.717) is 29.4 Å². The minimum Gasteiger partial charge on any atom is -0.497 e. The summed E-state index contributed by atoms with van der Waals surface area (Å²) in [6.07, 6.45) is -0.432. The zero-order valence-electron chi connectivity index (χ0n) is 17.9. The summed E-state index contributed by atoms with van der Waals surface area (Å²) in [4.78, 5) is 30.2. The maximum absolute atomic E-state index is 12.8. The molecule has 1 aliphatic heterocycles. The van der Waals surface area contributed by atoms with Crippen LogP contribution in [0, 0.1) is 5.92 Å². The third-order valence-electron chi connectivity index (χ3n) is 5.18. The van der Waals surface area contributed by atoms with E-state index in [1.54, 1.807) is 39.3 Å². The lowest BCUT2D eigenvalue weighted by atomic mass is 9.85. The van der Waals surface area contributed by atoms with Crippen LogP contribution in [0.15, 0.2) is 23.4 Å². The van der Waals surface area contributed by atoms with E-state index in [2.05, 4.69) is 10.5 Å². The molecule has 1 aromatic rings. The minimum absolute atomic E-state index is 0.0103. The molecule has 0 radical (unpaired) electrons. The average Bonchev–Trinajstić information content (AvgIpc) is 3.17. The summed E-state index contributed by atoms with van der Waals surface area (Å²) in [6, 6.07) is 5.35. The van der Waals surface area contributed by atoms with Gasteiger partial charge in [-0.25, -0.2) is 0 Å². The van der Waals surface area contributed by atoms with Crippen molar-refractivity contribution in [3.8, 4) is 11.5 Å². The Morgan fingerprint density at radius 3 is 2.62 bits per heavy atom. The van der Waals surface area contributed by atoms with E-state index in [0.717, 1.165) is 0 Å². The number of nitrogens with zero attached hydrogens (tertiary/aromatic N) is 1. The lowest BCUT2D eigenvalue weighted by Crippen LogP contribution is -2.54. The number of ether oxygens (including phenoxy) is 3. The zero-order chi connectivity index (χ0) is 21.6. The highest BCUT2D eigenvalue weighted by atomic mass is 16.6. The van der Waals surface area contributed by atoms with E-state index in [4.69, 9.17) is 19.0 Å². The molecule has 8 heteroatoms. The number of amides is 1. The predicted octanol–water partition coefficient (Wildman–Crippen LogP) is 2.68. The molecule has 2 unspecified atom stereocenters. The van der Waals surface area contributed by atoms with Crippen LogP contribution >= 0.6 is 0 Å². The fraction of sp³-hybridized carbons (Fsp3) is 0.571. The third kappa shape index (κ3) is 5.40. The summed E-state index contributed by atoms with van der Waals surface area (Å²) in [7, 11) is 3.14. The van der Waals surface area contributed by atoms with Crippen LogP contribution in [0.2, 0.25) is 0 Å². The molecule has 0 saturated heterocycles. The lowest BCUT2D eigenvalue weighted by molar-refractivity contribution is -0.146. The molecule has 160 valence electrons. The van der Waals surface area contributed by atoms with Gasteiger partial charge in [-0.3, -0.25) is 9.59 Å². The van der Waals surface area contributed by atoms with Crippen molar-refractivity contribution in [2.45, 2.75) is 52.2 Å². The minimum atomic E-state index is -0.791. The summed E-state index contributed by atoms with van der Waals surface area (Å²) >= 11 is 0. The van der Waals surface area contributed by atoms with Gasteiger partial charge < -0.3 is 24.4 Å². The molecule has 0 aliphatic carbocycles. The predicted molar refractivity (Wildman–Crippen MR) is 108 cm³/mol. The van der Waals surface area contributed by atoms with Gasteiger partial charge in [0.15, 0.2) is 0 Å². The average molecular weight is 406 g/mol. The van der Waals surface area contributed by atoms with E-state index in [1.165, 1.54) is 0 Å². The fourth-order valence-electron chi connectivity index (χ4n) is 2.98. The van der Waals surface area contributed by atoms with Crippen molar-refractivity contribution in [3.63, 3.8) is 0 Å². The number of hydrogen-bond acceptors (Lipinski definition) is 7. The normalized spacial score (nSPS) is 17.8. The first kappa shape index (κ1) is 22.5. The van der Waals surface area contributed by atoms with Gasteiger partial charge in [-0.2, -0.15) is 0 Å². The molecule has 0 aromatic heterocycles. The summed E-state index contributed by atoms with van der Waals surface area (Å²) < 4.78 is 15.7. The first-order valence-electron chi connectivity index (χ1n) is 9.66. The SMILES string of the molecule is CCOC(=O)CC(C)(NC(=O)C1CC(c2cc(OC)ccc2OC)=NO1)C(C)C. The van der Waals surface area contributed by atoms with Crippen molar-refractivity contribution in [3.05, 3.63) is 23.8 Å². The van der Waals surface area contributed by atoms with E-state index >= 15 is 0 Å². The maximum atomic E-state index is 12.8. The Balaban J connectivity index is 2.10. The van der Waals surface area contributed by atoms with E-state index < -0.39 is 11.6 Å². The van der Waals surface area contributed by atoms with Crippen LogP contribution in [-0.4, -0.2) is 50.1 Å². The number of oxime groups is 1. The highest BCUT2D eigenvalue weighted by Gasteiger charge is 2.38. The number of esters is 1. The van der Waals surface area contributed by atoms with Crippen molar-refractivity contribution >= 4 is 17.6 Å². The van der Waals surface area contributed by atoms with Gasteiger partial charge in [0.2, 0.25) is 6.10 Å². The van der Waals surface area contributed by atoms with Crippen molar-refractivity contribution < 1.29 is 28.6 Å². The van der Waals surface area contributed by atoms with Crippen LogP contribution in [-0.2, 0) is 19.2 Å². The molecule has 29 heavy (non-hydrogen) atoms. The quantitative estimate of drug-likeness (QED) is 0.634. The summed E-state index contributed by atoms with van der Waals surface area (Å²) in [5.74, 6) is 0.596. The number of hydrogen-bond donors (Lipinski definition) is 1. The molecule has 0 fully saturated rings. The van der Waals surface area contributed by atoms with Crippen molar-refractivity contribution in [1.29, 1.82) is 0 Å². The molecule has 1 amide bonds. The van der Waals surface area contributed by atoms with Crippen LogP contribution in [0.5, 0.6) is 11.5 Å². The Morgan fingerprint density at radius 1 is 1.31 bits per heavy atom. The van der Waals surface area contributed by atoms with Crippen LogP contribution in [0.3, 0.4) is 0 Å². The molecule has 1 heterocycles. The molecular weight excluding hydrogens is 376 g/mol. The maximum Gasteiger partial charge on any atom is 0.308 e. The summed E-state index contributed by atoms with van der Waals surface area (Å²) in [5.41, 5.74) is 0.543. The highest BCUT2D eigenvalue weighted by molar-refractivity contribution is 6.06. The first-order chi connectivity index (χ1) is 13.7. The number of rotatable bonds is 9. The largest absolute Gasteiger partial charge is 0.497 e. The third-order valence-corrected chi connectivity index (χ3v) is 5.18. The number of nitrogens with one attached hydrogen (secondary N) is 1. The van der Waals surface area contributed by atoms with Crippen molar-refractivity contribution in [2.24, 2.45) is 11.1 Å². The molecule has 0 spiro atoms. The Hall–Kier alpha value is -2.77. The van der Waals surface area contributed by atoms with Gasteiger partial charge in [-0.05, 0) is 38.0 Å². The Morgan fingerprint density at radius 2 is 2.03 bits per heavy atom. The topological polar surface area (TPSA) is 95.5 Å². The van der Waals surface area contributed by atoms with Gasteiger partial charge in [0, 0.05) is 12.0 Å². The monoisotopic (exact) mass is 406 g/mol. The van der Waals surface area contributed by atoms with Gasteiger partial charge in [-0.15, -0.1) is 0 Å². The van der Waals surface area contributed by atoms with Gasteiger partial charge in [0.05, 0.1) is 38.5 Å². The first-order valence-corrected chi connectivity index (χ1v) is 9.66. The molecule has 0 saturated carbocycles. The Kier molecular flexibility index (Phi) is 7.47. The van der Waals surface area contributed by atoms with Crippen molar-refractivity contribution in [2.75, 3.05) is 20.8 Å². The lowest BCUT2D eigenvalue weighted by Gasteiger charge is -2.34. The standard InChI is InChI=1S/C21H30N2O6/c1-7-28-19(24)12-21(4,13(2)3)22-20(25)18-11-16(23-29-18)15-10-14(26-5)8-9-17(15)27-6/h8-10,13,18H,7,11-12H2,1-6H3,(H,22,25). The summed E-state index contributed by atoms with van der Waals surface area (Å²) in [5, 5.41) is 7.04. The molecule has 0 bridgehead atoms. The molecule has 1 aromatic carbocycles. The smallest absolute Gasteiger partial charge is 0.308 e. The molecular formula is C21H30N2O6. The summed E-state index contributed by atoms with van der Waals surface area (Å²) in [6.45, 7) is 7.76. The molecule has 1 N–H and O–H groups in total. The molecule has 2 rings (SSSR count). The number of carbonyl (C=O) groups excluding carboxylic acids is 2. The highest BCUT2D eigenvalue weighted by Crippen LogP contribution is 2.29. The fourth-order valence-corrected chi connectivity index (χ4v) is 2.98. The number of benzene rings is 1. The van der Waals surface area contributed by atoms with Crippen molar-refractivity contribution in [1.82, 2.24) is 5.32 Å².